The summed E-state index contributed by atoms with van der Waals surface area (Å²) in [4.78, 5) is 7.95. The standard InChI is InChI=1S/C14H24N2O2S/c1-4-14(5-2)6-7-16(10-14)13-15-11(9-18-3)12(8-17)19-13/h17H,4-10H2,1-3H3. The van der Waals surface area contributed by atoms with E-state index in [0.717, 1.165) is 28.8 Å². The Labute approximate surface area is 119 Å². The average molecular weight is 284 g/mol. The minimum atomic E-state index is 0.0525. The summed E-state index contributed by atoms with van der Waals surface area (Å²) in [5, 5.41) is 10.4. The lowest BCUT2D eigenvalue weighted by molar-refractivity contribution is 0.179. The molecule has 1 fully saturated rings. The first-order valence-corrected chi connectivity index (χ1v) is 7.83. The maximum atomic E-state index is 9.39. The summed E-state index contributed by atoms with van der Waals surface area (Å²) in [5.41, 5.74) is 1.34. The van der Waals surface area contributed by atoms with Gasteiger partial charge in [-0.3, -0.25) is 0 Å². The summed E-state index contributed by atoms with van der Waals surface area (Å²) in [7, 11) is 1.66. The third kappa shape index (κ3) is 2.93. The number of hydrogen-bond donors (Lipinski definition) is 1. The normalized spacial score (nSPS) is 18.2. The van der Waals surface area contributed by atoms with Gasteiger partial charge in [0.1, 0.15) is 0 Å². The van der Waals surface area contributed by atoms with Gasteiger partial charge in [-0.15, -0.1) is 0 Å². The molecule has 4 nitrogen and oxygen atoms in total. The maximum absolute atomic E-state index is 9.39. The van der Waals surface area contributed by atoms with E-state index < -0.39 is 0 Å². The molecule has 0 unspecified atom stereocenters. The largest absolute Gasteiger partial charge is 0.391 e. The Bertz CT molecular complexity index is 416. The molecule has 19 heavy (non-hydrogen) atoms. The molecule has 1 aliphatic rings. The lowest BCUT2D eigenvalue weighted by Crippen LogP contribution is -2.26. The van der Waals surface area contributed by atoms with Crippen molar-refractivity contribution in [3.63, 3.8) is 0 Å². The van der Waals surface area contributed by atoms with Gasteiger partial charge in [0, 0.05) is 20.2 Å². The molecule has 2 heterocycles. The van der Waals surface area contributed by atoms with Crippen molar-refractivity contribution in [2.45, 2.75) is 46.3 Å². The van der Waals surface area contributed by atoms with Crippen molar-refractivity contribution in [3.8, 4) is 0 Å². The highest BCUT2D eigenvalue weighted by Crippen LogP contribution is 2.40. The molecule has 0 atom stereocenters. The minimum Gasteiger partial charge on any atom is -0.391 e. The van der Waals surface area contributed by atoms with E-state index in [1.54, 1.807) is 18.4 Å². The number of methoxy groups -OCH3 is 1. The first-order chi connectivity index (χ1) is 9.18. The summed E-state index contributed by atoms with van der Waals surface area (Å²) in [6, 6.07) is 0. The van der Waals surface area contributed by atoms with Crippen molar-refractivity contribution in [2.75, 3.05) is 25.1 Å². The molecular formula is C14H24N2O2S. The monoisotopic (exact) mass is 284 g/mol. The molecule has 2 rings (SSSR count). The third-order valence-electron chi connectivity index (χ3n) is 4.40. The van der Waals surface area contributed by atoms with Crippen LogP contribution in [-0.4, -0.2) is 30.3 Å². The highest BCUT2D eigenvalue weighted by Gasteiger charge is 2.36. The second-order valence-corrected chi connectivity index (χ2v) is 6.40. The molecule has 108 valence electrons. The topological polar surface area (TPSA) is 45.6 Å². The summed E-state index contributed by atoms with van der Waals surface area (Å²) in [6.45, 7) is 7.26. The van der Waals surface area contributed by atoms with Crippen molar-refractivity contribution < 1.29 is 9.84 Å². The van der Waals surface area contributed by atoms with Gasteiger partial charge >= 0.3 is 0 Å². The van der Waals surface area contributed by atoms with Crippen LogP contribution in [0.15, 0.2) is 0 Å². The number of rotatable bonds is 6. The smallest absolute Gasteiger partial charge is 0.185 e. The number of anilines is 1. The van der Waals surface area contributed by atoms with E-state index in [2.05, 4.69) is 23.7 Å². The molecule has 1 aliphatic heterocycles. The number of nitrogens with zero attached hydrogens (tertiary/aromatic N) is 2. The van der Waals surface area contributed by atoms with Gasteiger partial charge in [0.15, 0.2) is 5.13 Å². The second-order valence-electron chi connectivity index (χ2n) is 5.34. The predicted molar refractivity (Wildman–Crippen MR) is 78.6 cm³/mol. The van der Waals surface area contributed by atoms with Gasteiger partial charge in [-0.1, -0.05) is 25.2 Å². The van der Waals surface area contributed by atoms with Crippen LogP contribution in [0, 0.1) is 5.41 Å². The fourth-order valence-corrected chi connectivity index (χ4v) is 3.75. The summed E-state index contributed by atoms with van der Waals surface area (Å²) in [5.74, 6) is 0. The molecule has 1 aromatic rings. The molecule has 1 aromatic heterocycles. The van der Waals surface area contributed by atoms with Gasteiger partial charge in [-0.05, 0) is 24.7 Å². The van der Waals surface area contributed by atoms with Gasteiger partial charge in [0.2, 0.25) is 0 Å². The second kappa shape index (κ2) is 6.20. The molecule has 0 radical (unpaired) electrons. The summed E-state index contributed by atoms with van der Waals surface area (Å²) in [6.07, 6.45) is 3.69. The van der Waals surface area contributed by atoms with Crippen molar-refractivity contribution in [2.24, 2.45) is 5.41 Å². The summed E-state index contributed by atoms with van der Waals surface area (Å²) >= 11 is 1.60. The van der Waals surface area contributed by atoms with E-state index in [9.17, 15) is 5.11 Å². The Morgan fingerprint density at radius 3 is 2.68 bits per heavy atom. The van der Waals surface area contributed by atoms with Crippen molar-refractivity contribution in [1.82, 2.24) is 4.98 Å². The van der Waals surface area contributed by atoms with E-state index in [1.807, 2.05) is 0 Å². The predicted octanol–water partition coefficient (Wildman–Crippen LogP) is 2.80. The Morgan fingerprint density at radius 1 is 1.42 bits per heavy atom. The van der Waals surface area contributed by atoms with E-state index in [4.69, 9.17) is 4.74 Å². The lowest BCUT2D eigenvalue weighted by Gasteiger charge is -2.26. The van der Waals surface area contributed by atoms with E-state index in [1.165, 1.54) is 19.3 Å². The van der Waals surface area contributed by atoms with Gasteiger partial charge in [-0.25, -0.2) is 4.98 Å². The van der Waals surface area contributed by atoms with Crippen LogP contribution in [0.1, 0.15) is 43.7 Å². The highest BCUT2D eigenvalue weighted by molar-refractivity contribution is 7.15. The van der Waals surface area contributed by atoms with Gasteiger partial charge < -0.3 is 14.7 Å². The molecule has 0 spiro atoms. The Hall–Kier alpha value is -0.650. The quantitative estimate of drug-likeness (QED) is 0.872. The lowest BCUT2D eigenvalue weighted by atomic mass is 9.82. The first-order valence-electron chi connectivity index (χ1n) is 7.01. The number of thiazole rings is 1. The molecule has 0 bridgehead atoms. The zero-order valence-corrected chi connectivity index (χ0v) is 12.9. The van der Waals surface area contributed by atoms with Crippen LogP contribution >= 0.6 is 11.3 Å². The minimum absolute atomic E-state index is 0.0525. The number of aliphatic hydroxyl groups is 1. The molecule has 0 amide bonds. The van der Waals surface area contributed by atoms with E-state index in [-0.39, 0.29) is 6.61 Å². The number of hydrogen-bond acceptors (Lipinski definition) is 5. The van der Waals surface area contributed by atoms with Gasteiger partial charge in [0.05, 0.1) is 23.8 Å². The number of aromatic nitrogens is 1. The number of ether oxygens (including phenoxy) is 1. The highest BCUT2D eigenvalue weighted by atomic mass is 32.1. The van der Waals surface area contributed by atoms with E-state index >= 15 is 0 Å². The average Bonchev–Trinajstić information content (AvgIpc) is 3.03. The van der Waals surface area contributed by atoms with Crippen LogP contribution in [0.5, 0.6) is 0 Å². The Kier molecular flexibility index (Phi) is 4.81. The Balaban J connectivity index is 2.15. The summed E-state index contributed by atoms with van der Waals surface area (Å²) < 4.78 is 5.14. The van der Waals surface area contributed by atoms with Gasteiger partial charge in [0.25, 0.3) is 0 Å². The van der Waals surface area contributed by atoms with Crippen LogP contribution < -0.4 is 4.90 Å². The van der Waals surface area contributed by atoms with Crippen LogP contribution in [0.2, 0.25) is 0 Å². The zero-order valence-electron chi connectivity index (χ0n) is 12.1. The van der Waals surface area contributed by atoms with E-state index in [0.29, 0.717) is 12.0 Å². The fourth-order valence-electron chi connectivity index (χ4n) is 2.80. The number of aliphatic hydroxyl groups excluding tert-OH is 1. The molecule has 1 saturated heterocycles. The molecule has 5 heteroatoms. The van der Waals surface area contributed by atoms with Crippen molar-refractivity contribution in [1.29, 1.82) is 0 Å². The van der Waals surface area contributed by atoms with Crippen LogP contribution in [-0.2, 0) is 18.0 Å². The third-order valence-corrected chi connectivity index (χ3v) is 5.54. The Morgan fingerprint density at radius 2 is 2.16 bits per heavy atom. The molecular weight excluding hydrogens is 260 g/mol. The molecule has 1 N–H and O–H groups in total. The molecule has 0 aromatic carbocycles. The van der Waals surface area contributed by atoms with Crippen molar-refractivity contribution in [3.05, 3.63) is 10.6 Å². The molecule has 0 aliphatic carbocycles. The van der Waals surface area contributed by atoms with Crippen LogP contribution in [0.4, 0.5) is 5.13 Å². The zero-order chi connectivity index (χ0) is 13.9. The SMILES string of the molecule is CCC1(CC)CCN(c2nc(COC)c(CO)s2)C1. The molecule has 0 saturated carbocycles. The van der Waals surface area contributed by atoms with Gasteiger partial charge in [-0.2, -0.15) is 0 Å². The van der Waals surface area contributed by atoms with Crippen molar-refractivity contribution >= 4 is 16.5 Å². The fraction of sp³-hybridized carbons (Fsp3) is 0.786. The maximum Gasteiger partial charge on any atom is 0.185 e. The van der Waals surface area contributed by atoms with Crippen LogP contribution in [0.3, 0.4) is 0 Å². The van der Waals surface area contributed by atoms with Crippen LogP contribution in [0.25, 0.3) is 0 Å². The first kappa shape index (κ1) is 14.8.